The van der Waals surface area contributed by atoms with E-state index in [1.165, 1.54) is 7.11 Å². The molecule has 2 aromatic carbocycles. The summed E-state index contributed by atoms with van der Waals surface area (Å²) in [5.41, 5.74) is 3.57. The van der Waals surface area contributed by atoms with Crippen molar-refractivity contribution in [2.45, 2.75) is 6.92 Å². The lowest BCUT2D eigenvalue weighted by atomic mass is 9.99. The lowest BCUT2D eigenvalue weighted by Gasteiger charge is -2.09. The van der Waals surface area contributed by atoms with Crippen LogP contribution in [0.2, 0.25) is 0 Å². The number of halogens is 1. The Bertz CT molecular complexity index is 812. The maximum absolute atomic E-state index is 12.3. The van der Waals surface area contributed by atoms with Gasteiger partial charge in [-0.15, -0.1) is 0 Å². The zero-order chi connectivity index (χ0) is 15.9. The van der Waals surface area contributed by atoms with E-state index in [1.807, 2.05) is 19.1 Å². The molecule has 0 unspecified atom stereocenters. The van der Waals surface area contributed by atoms with Gasteiger partial charge in [0.2, 0.25) is 0 Å². The Morgan fingerprint density at radius 2 is 2.05 bits per heavy atom. The van der Waals surface area contributed by atoms with E-state index in [-0.39, 0.29) is 11.7 Å². The van der Waals surface area contributed by atoms with E-state index in [0.29, 0.717) is 16.9 Å². The molecule has 0 spiro atoms. The van der Waals surface area contributed by atoms with E-state index in [0.717, 1.165) is 21.3 Å². The Morgan fingerprint density at radius 1 is 1.27 bits per heavy atom. The number of anilines is 1. The highest BCUT2D eigenvalue weighted by atomic mass is 79.9. The van der Waals surface area contributed by atoms with E-state index in [9.17, 15) is 9.90 Å². The molecule has 0 bridgehead atoms. The quantitative estimate of drug-likeness (QED) is 0.797. The van der Waals surface area contributed by atoms with Crippen LogP contribution in [0.3, 0.4) is 0 Å². The molecular formula is C17H14BrNO3. The Kier molecular flexibility index (Phi) is 3.66. The number of fused-ring (bicyclic) bond motifs is 1. The predicted octanol–water partition coefficient (Wildman–Crippen LogP) is 3.96. The second-order valence-corrected chi connectivity index (χ2v) is 5.85. The van der Waals surface area contributed by atoms with Crippen LogP contribution in [0.4, 0.5) is 5.69 Å². The zero-order valence-electron chi connectivity index (χ0n) is 12.1. The number of benzene rings is 2. The summed E-state index contributed by atoms with van der Waals surface area (Å²) in [4.78, 5) is 12.3. The van der Waals surface area contributed by atoms with Crippen molar-refractivity contribution in [2.24, 2.45) is 0 Å². The van der Waals surface area contributed by atoms with E-state index in [4.69, 9.17) is 4.74 Å². The molecule has 112 valence electrons. The van der Waals surface area contributed by atoms with Crippen molar-refractivity contribution in [2.75, 3.05) is 12.4 Å². The highest BCUT2D eigenvalue weighted by Gasteiger charge is 2.27. The van der Waals surface area contributed by atoms with Crippen LogP contribution in [0, 0.1) is 6.92 Å². The second-order valence-electron chi connectivity index (χ2n) is 5.00. The molecule has 1 aliphatic rings. The first-order valence-corrected chi connectivity index (χ1v) is 7.50. The van der Waals surface area contributed by atoms with Crippen molar-refractivity contribution in [3.63, 3.8) is 0 Å². The molecule has 0 fully saturated rings. The largest absolute Gasteiger partial charge is 0.507 e. The first-order valence-electron chi connectivity index (χ1n) is 6.71. The van der Waals surface area contributed by atoms with E-state index >= 15 is 0 Å². The molecule has 1 aliphatic heterocycles. The SMILES string of the molecule is COc1cccc(O)c1C=C1C(=O)Nc2ccc(Br)c(C)c21. The summed E-state index contributed by atoms with van der Waals surface area (Å²) in [6.45, 7) is 1.94. The number of amides is 1. The molecule has 3 rings (SSSR count). The van der Waals surface area contributed by atoms with Crippen LogP contribution in [-0.4, -0.2) is 18.1 Å². The smallest absolute Gasteiger partial charge is 0.256 e. The summed E-state index contributed by atoms with van der Waals surface area (Å²) in [5, 5.41) is 12.9. The van der Waals surface area contributed by atoms with Crippen LogP contribution >= 0.6 is 15.9 Å². The van der Waals surface area contributed by atoms with Gasteiger partial charge in [-0.1, -0.05) is 22.0 Å². The number of rotatable bonds is 2. The minimum atomic E-state index is -0.193. The van der Waals surface area contributed by atoms with Gasteiger partial charge in [-0.05, 0) is 42.8 Å². The molecular weight excluding hydrogens is 346 g/mol. The third-order valence-electron chi connectivity index (χ3n) is 3.71. The third kappa shape index (κ3) is 2.27. The van der Waals surface area contributed by atoms with Gasteiger partial charge >= 0.3 is 0 Å². The van der Waals surface area contributed by atoms with Gasteiger partial charge in [-0.25, -0.2) is 0 Å². The molecule has 0 saturated heterocycles. The zero-order valence-corrected chi connectivity index (χ0v) is 13.7. The molecule has 2 aromatic rings. The number of carbonyl (C=O) groups is 1. The van der Waals surface area contributed by atoms with Crippen molar-refractivity contribution >= 4 is 39.2 Å². The Morgan fingerprint density at radius 3 is 2.77 bits per heavy atom. The number of nitrogens with one attached hydrogen (secondary N) is 1. The average molecular weight is 360 g/mol. The number of methoxy groups -OCH3 is 1. The molecule has 0 radical (unpaired) electrons. The minimum absolute atomic E-state index is 0.0701. The molecule has 4 nitrogen and oxygen atoms in total. The van der Waals surface area contributed by atoms with Crippen molar-refractivity contribution in [3.05, 3.63) is 51.5 Å². The number of hydrogen-bond acceptors (Lipinski definition) is 3. The van der Waals surface area contributed by atoms with Crippen molar-refractivity contribution in [1.29, 1.82) is 0 Å². The number of phenolic OH excluding ortho intramolecular Hbond substituents is 1. The van der Waals surface area contributed by atoms with Gasteiger partial charge < -0.3 is 15.2 Å². The Hall–Kier alpha value is -2.27. The molecule has 1 amide bonds. The lowest BCUT2D eigenvalue weighted by molar-refractivity contribution is -0.110. The first kappa shape index (κ1) is 14.7. The number of ether oxygens (including phenoxy) is 1. The molecule has 0 aliphatic carbocycles. The van der Waals surface area contributed by atoms with Gasteiger partial charge in [-0.3, -0.25) is 4.79 Å². The van der Waals surface area contributed by atoms with Crippen LogP contribution in [0.5, 0.6) is 11.5 Å². The van der Waals surface area contributed by atoms with Gasteiger partial charge in [0.25, 0.3) is 5.91 Å². The van der Waals surface area contributed by atoms with Crippen molar-refractivity contribution < 1.29 is 14.6 Å². The van der Waals surface area contributed by atoms with Crippen molar-refractivity contribution in [1.82, 2.24) is 0 Å². The normalized spacial score (nSPS) is 14.9. The molecule has 0 saturated carbocycles. The monoisotopic (exact) mass is 359 g/mol. The van der Waals surface area contributed by atoms with Gasteiger partial charge in [-0.2, -0.15) is 0 Å². The summed E-state index contributed by atoms with van der Waals surface area (Å²) in [6.07, 6.45) is 1.66. The van der Waals surface area contributed by atoms with E-state index in [1.54, 1.807) is 24.3 Å². The van der Waals surface area contributed by atoms with Gasteiger partial charge in [0.05, 0.1) is 18.2 Å². The third-order valence-corrected chi connectivity index (χ3v) is 4.57. The Balaban J connectivity index is 2.23. The predicted molar refractivity (Wildman–Crippen MR) is 90.0 cm³/mol. The van der Waals surface area contributed by atoms with Crippen molar-refractivity contribution in [3.8, 4) is 11.5 Å². The summed E-state index contributed by atoms with van der Waals surface area (Å²) < 4.78 is 6.20. The maximum Gasteiger partial charge on any atom is 0.256 e. The van der Waals surface area contributed by atoms with Crippen LogP contribution in [-0.2, 0) is 4.79 Å². The number of hydrogen-bond donors (Lipinski definition) is 2. The number of aromatic hydroxyl groups is 1. The fourth-order valence-corrected chi connectivity index (χ4v) is 2.91. The lowest BCUT2D eigenvalue weighted by Crippen LogP contribution is -2.03. The van der Waals surface area contributed by atoms with Crippen LogP contribution in [0.25, 0.3) is 11.6 Å². The fraction of sp³-hybridized carbons (Fsp3) is 0.118. The topological polar surface area (TPSA) is 58.6 Å². The van der Waals surface area contributed by atoms with Gasteiger partial charge in [0, 0.05) is 15.7 Å². The highest BCUT2D eigenvalue weighted by Crippen LogP contribution is 2.40. The molecule has 5 heteroatoms. The van der Waals surface area contributed by atoms with Crippen LogP contribution in [0.1, 0.15) is 16.7 Å². The average Bonchev–Trinajstić information content (AvgIpc) is 2.82. The summed E-state index contributed by atoms with van der Waals surface area (Å²) >= 11 is 3.48. The minimum Gasteiger partial charge on any atom is -0.507 e. The molecule has 0 aromatic heterocycles. The summed E-state index contributed by atoms with van der Waals surface area (Å²) in [5.74, 6) is 0.392. The highest BCUT2D eigenvalue weighted by molar-refractivity contribution is 9.10. The second kappa shape index (κ2) is 5.50. The molecule has 22 heavy (non-hydrogen) atoms. The fourth-order valence-electron chi connectivity index (χ4n) is 2.58. The first-order chi connectivity index (χ1) is 10.5. The van der Waals surface area contributed by atoms with Gasteiger partial charge in [0.1, 0.15) is 11.5 Å². The molecule has 1 heterocycles. The number of phenols is 1. The summed E-state index contributed by atoms with van der Waals surface area (Å²) in [6, 6.07) is 8.76. The van der Waals surface area contributed by atoms with E-state index < -0.39 is 0 Å². The standard InChI is InChI=1S/C17H14BrNO3/c1-9-12(18)6-7-13-16(9)11(17(21)19-13)8-10-14(20)4-3-5-15(10)22-2/h3-8,20H,1-2H3,(H,19,21). The Labute approximate surface area is 136 Å². The van der Waals surface area contributed by atoms with Crippen LogP contribution < -0.4 is 10.1 Å². The number of carbonyl (C=O) groups excluding carboxylic acids is 1. The maximum atomic E-state index is 12.3. The van der Waals surface area contributed by atoms with E-state index in [2.05, 4.69) is 21.2 Å². The summed E-state index contributed by atoms with van der Waals surface area (Å²) in [7, 11) is 1.53. The molecule has 2 N–H and O–H groups in total. The van der Waals surface area contributed by atoms with Gasteiger partial charge in [0.15, 0.2) is 0 Å². The molecule has 0 atom stereocenters. The van der Waals surface area contributed by atoms with Crippen LogP contribution in [0.15, 0.2) is 34.8 Å².